The lowest BCUT2D eigenvalue weighted by atomic mass is 10.2. The summed E-state index contributed by atoms with van der Waals surface area (Å²) in [4.78, 5) is 4.16. The van der Waals surface area contributed by atoms with E-state index in [1.165, 1.54) is 11.3 Å². The molecule has 2 rings (SSSR count). The first-order valence-corrected chi connectivity index (χ1v) is 5.80. The molecule has 0 N–H and O–H groups in total. The third kappa shape index (κ3) is 2.65. The van der Waals surface area contributed by atoms with E-state index in [2.05, 4.69) is 22.9 Å². The Bertz CT molecular complexity index is 384. The maximum atomic E-state index is 4.16. The van der Waals surface area contributed by atoms with Gasteiger partial charge in [-0.05, 0) is 30.2 Å². The lowest BCUT2D eigenvalue weighted by Crippen LogP contribution is -1.93. The lowest BCUT2D eigenvalue weighted by molar-refractivity contribution is 1.16. The van der Waals surface area contributed by atoms with Crippen molar-refractivity contribution in [1.82, 2.24) is 4.98 Å². The van der Waals surface area contributed by atoms with Crippen molar-refractivity contribution in [2.45, 2.75) is 6.42 Å². The van der Waals surface area contributed by atoms with Crippen molar-refractivity contribution in [3.8, 4) is 11.8 Å². The van der Waals surface area contributed by atoms with E-state index in [4.69, 9.17) is 0 Å². The molecule has 70 valence electrons. The maximum Gasteiger partial charge on any atom is 0.113 e. The van der Waals surface area contributed by atoms with Gasteiger partial charge in [0.1, 0.15) is 5.69 Å². The van der Waals surface area contributed by atoms with Crippen LogP contribution in [0.15, 0.2) is 36.0 Å². The average molecular weight is 201 g/mol. The van der Waals surface area contributed by atoms with Gasteiger partial charge in [-0.1, -0.05) is 18.1 Å². The zero-order chi connectivity index (χ0) is 9.64. The second-order valence-electron chi connectivity index (χ2n) is 3.02. The van der Waals surface area contributed by atoms with E-state index in [1.54, 1.807) is 6.20 Å². The van der Waals surface area contributed by atoms with Gasteiger partial charge in [0.25, 0.3) is 0 Å². The Labute approximate surface area is 88.6 Å². The summed E-state index contributed by atoms with van der Waals surface area (Å²) < 4.78 is 0. The number of pyridine rings is 1. The summed E-state index contributed by atoms with van der Waals surface area (Å²) in [5.41, 5.74) is 2.11. The molecule has 1 aromatic heterocycles. The largest absolute Gasteiger partial charge is 0.248 e. The fourth-order valence-electron chi connectivity index (χ4n) is 1.22. The van der Waals surface area contributed by atoms with Crippen molar-refractivity contribution in [2.24, 2.45) is 0 Å². The predicted octanol–water partition coefficient (Wildman–Crippen LogP) is 2.50. The zero-order valence-corrected chi connectivity index (χ0v) is 8.68. The smallest absolute Gasteiger partial charge is 0.113 e. The highest BCUT2D eigenvalue weighted by atomic mass is 32.2. The maximum absolute atomic E-state index is 4.16. The van der Waals surface area contributed by atoms with Gasteiger partial charge < -0.3 is 0 Å². The molecule has 1 nitrogen and oxygen atoms in total. The summed E-state index contributed by atoms with van der Waals surface area (Å²) in [5.74, 6) is 8.55. The molecule has 0 aromatic carbocycles. The van der Waals surface area contributed by atoms with Crippen LogP contribution in [0.4, 0.5) is 0 Å². The molecule has 0 saturated heterocycles. The molecule has 0 radical (unpaired) electrons. The van der Waals surface area contributed by atoms with Gasteiger partial charge in [0.05, 0.1) is 0 Å². The Balaban J connectivity index is 2.10. The molecule has 0 spiro atoms. The predicted molar refractivity (Wildman–Crippen MR) is 61.1 cm³/mol. The summed E-state index contributed by atoms with van der Waals surface area (Å²) in [6, 6.07) is 5.80. The van der Waals surface area contributed by atoms with Crippen molar-refractivity contribution in [2.75, 3.05) is 11.5 Å². The first-order chi connectivity index (χ1) is 6.95. The molecule has 1 aliphatic heterocycles. The molecule has 0 unspecified atom stereocenters. The minimum Gasteiger partial charge on any atom is -0.248 e. The van der Waals surface area contributed by atoms with Crippen LogP contribution in [-0.2, 0) is 0 Å². The molecule has 1 aliphatic rings. The summed E-state index contributed by atoms with van der Waals surface area (Å²) in [6.07, 6.45) is 5.09. The van der Waals surface area contributed by atoms with Crippen molar-refractivity contribution in [1.29, 1.82) is 0 Å². The van der Waals surface area contributed by atoms with E-state index in [9.17, 15) is 0 Å². The Morgan fingerprint density at radius 2 is 2.29 bits per heavy atom. The van der Waals surface area contributed by atoms with Crippen molar-refractivity contribution < 1.29 is 0 Å². The fourth-order valence-corrected chi connectivity index (χ4v) is 2.07. The molecular formula is C12H11NS. The van der Waals surface area contributed by atoms with E-state index in [1.807, 2.05) is 30.0 Å². The second-order valence-corrected chi connectivity index (χ2v) is 4.17. The van der Waals surface area contributed by atoms with Crippen LogP contribution in [0.1, 0.15) is 12.1 Å². The zero-order valence-electron chi connectivity index (χ0n) is 7.86. The number of hydrogen-bond donors (Lipinski definition) is 0. The molecular weight excluding hydrogens is 190 g/mol. The summed E-state index contributed by atoms with van der Waals surface area (Å²) >= 11 is 1.96. The van der Waals surface area contributed by atoms with Crippen molar-refractivity contribution in [3.63, 3.8) is 0 Å². The SMILES string of the molecule is C(#Cc1ccccn1)C1=CCSCC1. The number of allylic oxidation sites excluding steroid dienone is 1. The van der Waals surface area contributed by atoms with Gasteiger partial charge in [-0.3, -0.25) is 0 Å². The van der Waals surface area contributed by atoms with Crippen LogP contribution in [-0.4, -0.2) is 16.5 Å². The average Bonchev–Trinajstić information content (AvgIpc) is 2.29. The first-order valence-electron chi connectivity index (χ1n) is 4.65. The summed E-state index contributed by atoms with van der Waals surface area (Å²) in [7, 11) is 0. The van der Waals surface area contributed by atoms with Crippen molar-refractivity contribution >= 4 is 11.8 Å². The van der Waals surface area contributed by atoms with E-state index < -0.39 is 0 Å². The molecule has 14 heavy (non-hydrogen) atoms. The van der Waals surface area contributed by atoms with Crippen LogP contribution in [0.5, 0.6) is 0 Å². The van der Waals surface area contributed by atoms with E-state index in [-0.39, 0.29) is 0 Å². The Hall–Kier alpha value is -1.20. The molecule has 2 heteroatoms. The molecule has 2 heterocycles. The van der Waals surface area contributed by atoms with Crippen molar-refractivity contribution in [3.05, 3.63) is 41.7 Å². The third-order valence-electron chi connectivity index (χ3n) is 1.98. The molecule has 0 bridgehead atoms. The molecule has 0 fully saturated rings. The molecule has 0 atom stereocenters. The van der Waals surface area contributed by atoms with E-state index in [0.29, 0.717) is 0 Å². The van der Waals surface area contributed by atoms with Gasteiger partial charge in [-0.2, -0.15) is 11.8 Å². The first kappa shape index (κ1) is 9.36. The van der Waals surface area contributed by atoms with Crippen LogP contribution in [0, 0.1) is 11.8 Å². The summed E-state index contributed by atoms with van der Waals surface area (Å²) in [6.45, 7) is 0. The Kier molecular flexibility index (Phi) is 3.26. The normalized spacial score (nSPS) is 15.3. The van der Waals surface area contributed by atoms with Gasteiger partial charge in [0.2, 0.25) is 0 Å². The topological polar surface area (TPSA) is 12.9 Å². The number of nitrogens with zero attached hydrogens (tertiary/aromatic N) is 1. The van der Waals surface area contributed by atoms with Gasteiger partial charge in [0.15, 0.2) is 0 Å². The standard InChI is InChI=1S/C12H11NS/c1-2-8-13-12(3-1)5-4-11-6-9-14-10-7-11/h1-3,6,8H,7,9-10H2. The van der Waals surface area contributed by atoms with Crippen LogP contribution in [0.25, 0.3) is 0 Å². The molecule has 1 aromatic rings. The summed E-state index contributed by atoms with van der Waals surface area (Å²) in [5, 5.41) is 0. The number of aromatic nitrogens is 1. The third-order valence-corrected chi connectivity index (χ3v) is 2.87. The number of hydrogen-bond acceptors (Lipinski definition) is 2. The van der Waals surface area contributed by atoms with E-state index in [0.717, 1.165) is 17.9 Å². The monoisotopic (exact) mass is 201 g/mol. The highest BCUT2D eigenvalue weighted by molar-refractivity contribution is 7.99. The second kappa shape index (κ2) is 4.88. The Morgan fingerprint density at radius 1 is 1.29 bits per heavy atom. The van der Waals surface area contributed by atoms with Gasteiger partial charge in [-0.15, -0.1) is 0 Å². The van der Waals surface area contributed by atoms with Gasteiger partial charge in [-0.25, -0.2) is 4.98 Å². The van der Waals surface area contributed by atoms with Crippen LogP contribution in [0.2, 0.25) is 0 Å². The number of thioether (sulfide) groups is 1. The molecule has 0 saturated carbocycles. The van der Waals surface area contributed by atoms with Crippen LogP contribution < -0.4 is 0 Å². The quantitative estimate of drug-likeness (QED) is 0.598. The van der Waals surface area contributed by atoms with Gasteiger partial charge in [0, 0.05) is 17.5 Å². The Morgan fingerprint density at radius 3 is 3.00 bits per heavy atom. The minimum atomic E-state index is 0.853. The van der Waals surface area contributed by atoms with Crippen LogP contribution >= 0.6 is 11.8 Å². The van der Waals surface area contributed by atoms with Gasteiger partial charge >= 0.3 is 0 Å². The highest BCUT2D eigenvalue weighted by Gasteiger charge is 1.99. The molecule has 0 aliphatic carbocycles. The van der Waals surface area contributed by atoms with E-state index >= 15 is 0 Å². The highest BCUT2D eigenvalue weighted by Crippen LogP contribution is 2.15. The minimum absolute atomic E-state index is 0.853. The lowest BCUT2D eigenvalue weighted by Gasteiger charge is -2.05. The van der Waals surface area contributed by atoms with Crippen LogP contribution in [0.3, 0.4) is 0 Å². The molecule has 0 amide bonds. The number of rotatable bonds is 0. The fraction of sp³-hybridized carbons (Fsp3) is 0.250.